The molecule has 0 amide bonds. The Morgan fingerprint density at radius 2 is 1.60 bits per heavy atom. The lowest BCUT2D eigenvalue weighted by atomic mass is 10.1. The lowest BCUT2D eigenvalue weighted by molar-refractivity contribution is -0.174. The molecule has 2 aromatic rings. The fourth-order valence-electron chi connectivity index (χ4n) is 2.57. The van der Waals surface area contributed by atoms with Gasteiger partial charge in [0.2, 0.25) is 11.6 Å². The van der Waals surface area contributed by atoms with Crippen LogP contribution < -0.4 is 0 Å². The topological polar surface area (TPSA) is 98.6 Å². The normalized spacial score (nSPS) is 18.0. The number of halogens is 2. The van der Waals surface area contributed by atoms with Crippen LogP contribution in [0.1, 0.15) is 54.1 Å². The number of ether oxygens (including phenoxy) is 2. The Morgan fingerprint density at radius 1 is 1.03 bits per heavy atom. The molecular weight excluding hydrogens is 520 g/mol. The SMILES string of the molecule is C[C@@H](O)C(=O)c1ccc(Br)cn1.C[C@@H](OC1CCCCO1)C(=O)c1ccc(Br)cn1. The van der Waals surface area contributed by atoms with Crippen LogP contribution in [0.25, 0.3) is 0 Å². The molecule has 1 N–H and O–H groups in total. The van der Waals surface area contributed by atoms with Crippen LogP contribution >= 0.6 is 31.9 Å². The standard InChI is InChI=1S/C13H16BrNO3.C8H8BrNO2/c1-9(18-12-4-2-3-7-17-12)13(16)11-6-5-10(14)8-15-11;1-5(11)8(12)7-3-2-6(9)4-10-7/h5-6,8-9,12H,2-4,7H2,1H3;2-5,11H,1H3/t9-,12?;5-/m11/s1. The van der Waals surface area contributed by atoms with E-state index in [9.17, 15) is 9.59 Å². The maximum absolute atomic E-state index is 12.1. The average Bonchev–Trinajstić information content (AvgIpc) is 2.75. The van der Waals surface area contributed by atoms with E-state index in [0.29, 0.717) is 12.3 Å². The summed E-state index contributed by atoms with van der Waals surface area (Å²) in [6, 6.07) is 6.76. The predicted octanol–water partition coefficient (Wildman–Crippen LogP) is 4.37. The Balaban J connectivity index is 0.000000232. The summed E-state index contributed by atoms with van der Waals surface area (Å²) in [6.07, 6.45) is 4.37. The van der Waals surface area contributed by atoms with Gasteiger partial charge in [-0.05, 0) is 89.2 Å². The van der Waals surface area contributed by atoms with Crippen molar-refractivity contribution < 1.29 is 24.2 Å². The van der Waals surface area contributed by atoms with E-state index >= 15 is 0 Å². The number of carbonyl (C=O) groups is 2. The molecule has 1 saturated heterocycles. The predicted molar refractivity (Wildman–Crippen MR) is 118 cm³/mol. The molecule has 0 saturated carbocycles. The Kier molecular flexibility index (Phi) is 10.2. The van der Waals surface area contributed by atoms with Crippen LogP contribution in [0.4, 0.5) is 0 Å². The van der Waals surface area contributed by atoms with E-state index in [4.69, 9.17) is 14.6 Å². The Labute approximate surface area is 192 Å². The Bertz CT molecular complexity index is 822. The smallest absolute Gasteiger partial charge is 0.209 e. The molecule has 162 valence electrons. The number of carbonyl (C=O) groups excluding carboxylic acids is 2. The highest BCUT2D eigenvalue weighted by Gasteiger charge is 2.23. The van der Waals surface area contributed by atoms with Crippen LogP contribution in [0, 0.1) is 0 Å². The van der Waals surface area contributed by atoms with Gasteiger partial charge in [0.25, 0.3) is 0 Å². The number of pyridine rings is 2. The highest BCUT2D eigenvalue weighted by atomic mass is 79.9. The molecule has 0 bridgehead atoms. The molecule has 1 aliphatic heterocycles. The number of aliphatic hydroxyl groups excluding tert-OH is 1. The maximum Gasteiger partial charge on any atom is 0.209 e. The van der Waals surface area contributed by atoms with Gasteiger partial charge in [-0.15, -0.1) is 0 Å². The number of nitrogens with zero attached hydrogens (tertiary/aromatic N) is 2. The minimum absolute atomic E-state index is 0.114. The first-order valence-electron chi connectivity index (χ1n) is 9.54. The summed E-state index contributed by atoms with van der Waals surface area (Å²) in [5.41, 5.74) is 0.703. The number of aromatic nitrogens is 2. The summed E-state index contributed by atoms with van der Waals surface area (Å²) in [4.78, 5) is 31.1. The first-order valence-corrected chi connectivity index (χ1v) is 11.1. The van der Waals surface area contributed by atoms with Crippen molar-refractivity contribution in [2.45, 2.75) is 51.6 Å². The minimum atomic E-state index is -0.987. The number of Topliss-reactive ketones (excluding diaryl/α,β-unsaturated/α-hetero) is 2. The summed E-state index contributed by atoms with van der Waals surface area (Å²) in [7, 11) is 0. The molecule has 3 atom stereocenters. The Hall–Kier alpha value is -1.52. The van der Waals surface area contributed by atoms with E-state index < -0.39 is 12.2 Å². The highest BCUT2D eigenvalue weighted by molar-refractivity contribution is 9.10. The molecule has 3 rings (SSSR count). The monoisotopic (exact) mass is 542 g/mol. The quantitative estimate of drug-likeness (QED) is 0.540. The second-order valence-corrected chi connectivity index (χ2v) is 8.53. The number of hydrogen-bond donors (Lipinski definition) is 1. The first-order chi connectivity index (χ1) is 14.3. The van der Waals surface area contributed by atoms with Crippen molar-refractivity contribution in [1.29, 1.82) is 0 Å². The van der Waals surface area contributed by atoms with E-state index in [1.807, 2.05) is 0 Å². The highest BCUT2D eigenvalue weighted by Crippen LogP contribution is 2.17. The van der Waals surface area contributed by atoms with Gasteiger partial charge in [0.15, 0.2) is 6.29 Å². The summed E-state index contributed by atoms with van der Waals surface area (Å²) in [5.74, 6) is -0.473. The summed E-state index contributed by atoms with van der Waals surface area (Å²) < 4.78 is 12.7. The lowest BCUT2D eigenvalue weighted by Gasteiger charge is -2.25. The van der Waals surface area contributed by atoms with Crippen molar-refractivity contribution in [2.75, 3.05) is 6.61 Å². The van der Waals surface area contributed by atoms with Crippen LogP contribution in [0.5, 0.6) is 0 Å². The molecule has 0 aliphatic carbocycles. The summed E-state index contributed by atoms with van der Waals surface area (Å²) in [5, 5.41) is 8.94. The number of hydrogen-bond acceptors (Lipinski definition) is 7. The number of rotatable bonds is 6. The van der Waals surface area contributed by atoms with Crippen LogP contribution in [-0.2, 0) is 9.47 Å². The van der Waals surface area contributed by atoms with E-state index in [0.717, 1.165) is 28.2 Å². The molecule has 2 aromatic heterocycles. The molecule has 7 nitrogen and oxygen atoms in total. The third-order valence-corrected chi connectivity index (χ3v) is 5.14. The molecule has 1 unspecified atom stereocenters. The van der Waals surface area contributed by atoms with Gasteiger partial charge in [-0.3, -0.25) is 19.6 Å². The molecule has 9 heteroatoms. The van der Waals surface area contributed by atoms with Crippen molar-refractivity contribution in [3.8, 4) is 0 Å². The van der Waals surface area contributed by atoms with Crippen molar-refractivity contribution in [1.82, 2.24) is 9.97 Å². The van der Waals surface area contributed by atoms with Gasteiger partial charge in [-0.2, -0.15) is 0 Å². The Morgan fingerprint density at radius 3 is 2.03 bits per heavy atom. The molecular formula is C21H24Br2N2O5. The van der Waals surface area contributed by atoms with Crippen LogP contribution in [-0.4, -0.2) is 51.7 Å². The van der Waals surface area contributed by atoms with Gasteiger partial charge >= 0.3 is 0 Å². The van der Waals surface area contributed by atoms with Crippen LogP contribution in [0.15, 0.2) is 45.6 Å². The molecule has 0 spiro atoms. The van der Waals surface area contributed by atoms with Crippen molar-refractivity contribution in [2.24, 2.45) is 0 Å². The van der Waals surface area contributed by atoms with Crippen LogP contribution in [0.3, 0.4) is 0 Å². The first kappa shape index (κ1) is 24.7. The molecule has 30 heavy (non-hydrogen) atoms. The van der Waals surface area contributed by atoms with Gasteiger partial charge in [0.05, 0.1) is 0 Å². The molecule has 3 heterocycles. The van der Waals surface area contributed by atoms with E-state index in [2.05, 4.69) is 41.8 Å². The van der Waals surface area contributed by atoms with Gasteiger partial charge in [0, 0.05) is 27.9 Å². The summed E-state index contributed by atoms with van der Waals surface area (Å²) >= 11 is 6.48. The van der Waals surface area contributed by atoms with Crippen molar-refractivity contribution >= 4 is 43.4 Å². The molecule has 1 fully saturated rings. The van der Waals surface area contributed by atoms with Gasteiger partial charge in [0.1, 0.15) is 23.6 Å². The second-order valence-electron chi connectivity index (χ2n) is 6.70. The van der Waals surface area contributed by atoms with Gasteiger partial charge < -0.3 is 14.6 Å². The zero-order valence-electron chi connectivity index (χ0n) is 16.8. The van der Waals surface area contributed by atoms with E-state index in [1.165, 1.54) is 13.1 Å². The average molecular weight is 544 g/mol. The number of ketones is 2. The van der Waals surface area contributed by atoms with E-state index in [1.54, 1.807) is 37.4 Å². The molecule has 1 aliphatic rings. The van der Waals surface area contributed by atoms with E-state index in [-0.39, 0.29) is 23.6 Å². The largest absolute Gasteiger partial charge is 0.385 e. The van der Waals surface area contributed by atoms with Crippen molar-refractivity contribution in [3.63, 3.8) is 0 Å². The second kappa shape index (κ2) is 12.4. The minimum Gasteiger partial charge on any atom is -0.385 e. The summed E-state index contributed by atoms with van der Waals surface area (Å²) in [6.45, 7) is 3.87. The lowest BCUT2D eigenvalue weighted by Crippen LogP contribution is -2.31. The van der Waals surface area contributed by atoms with Crippen LogP contribution in [0.2, 0.25) is 0 Å². The maximum atomic E-state index is 12.1. The zero-order valence-corrected chi connectivity index (χ0v) is 19.9. The molecule has 0 radical (unpaired) electrons. The third-order valence-electron chi connectivity index (χ3n) is 4.20. The fourth-order valence-corrected chi connectivity index (χ4v) is 3.04. The van der Waals surface area contributed by atoms with Crippen molar-refractivity contribution in [3.05, 3.63) is 57.0 Å². The number of aliphatic hydroxyl groups is 1. The molecule has 0 aromatic carbocycles. The van der Waals surface area contributed by atoms with Gasteiger partial charge in [-0.25, -0.2) is 0 Å². The fraction of sp³-hybridized carbons (Fsp3) is 0.429. The van der Waals surface area contributed by atoms with Gasteiger partial charge in [-0.1, -0.05) is 0 Å². The zero-order chi connectivity index (χ0) is 22.1. The third kappa shape index (κ3) is 7.96.